The molecule has 8 heteroatoms. The van der Waals surface area contributed by atoms with Gasteiger partial charge in [0, 0.05) is 43.5 Å². The zero-order valence-corrected chi connectivity index (χ0v) is 17.6. The highest BCUT2D eigenvalue weighted by Gasteiger charge is 2.23. The van der Waals surface area contributed by atoms with Crippen molar-refractivity contribution < 1.29 is 9.53 Å². The number of carbonyl (C=O) groups is 1. The van der Waals surface area contributed by atoms with Crippen LogP contribution in [0.4, 0.5) is 4.79 Å². The number of carbonyl (C=O) groups excluding carboxylic acids is 1. The summed E-state index contributed by atoms with van der Waals surface area (Å²) in [4.78, 5) is 18.9. The Morgan fingerprint density at radius 2 is 2.21 bits per heavy atom. The topological polar surface area (TPSA) is 66.0 Å². The van der Waals surface area contributed by atoms with Crippen molar-refractivity contribution in [2.24, 2.45) is 4.99 Å². The monoisotopic (exact) mass is 466 g/mol. The van der Waals surface area contributed by atoms with E-state index in [1.54, 1.807) is 23.3 Å². The van der Waals surface area contributed by atoms with Gasteiger partial charge < -0.3 is 20.3 Å². The van der Waals surface area contributed by atoms with Gasteiger partial charge in [-0.1, -0.05) is 13.0 Å². The smallest absolute Gasteiger partial charge is 0.409 e. The molecule has 0 aromatic carbocycles. The zero-order valence-electron chi connectivity index (χ0n) is 14.4. The maximum absolute atomic E-state index is 11.5. The third-order valence-electron chi connectivity index (χ3n) is 4.10. The largest absolute Gasteiger partial charge is 0.453 e. The van der Waals surface area contributed by atoms with Crippen molar-refractivity contribution in [1.82, 2.24) is 15.5 Å². The highest BCUT2D eigenvalue weighted by atomic mass is 127. The molecule has 6 nitrogen and oxygen atoms in total. The Morgan fingerprint density at radius 1 is 1.50 bits per heavy atom. The number of hydrogen-bond acceptors (Lipinski definition) is 4. The Bertz CT molecular complexity index is 516. The lowest BCUT2D eigenvalue weighted by atomic mass is 10.1. The number of methoxy groups -OCH3 is 1. The molecule has 2 heterocycles. The first kappa shape index (κ1) is 21.0. The first-order valence-electron chi connectivity index (χ1n) is 7.97. The maximum atomic E-state index is 11.5. The highest BCUT2D eigenvalue weighted by molar-refractivity contribution is 14.0. The fourth-order valence-electron chi connectivity index (χ4n) is 2.65. The number of aliphatic imine (C=N–C) groups is 1. The van der Waals surface area contributed by atoms with Gasteiger partial charge >= 0.3 is 6.09 Å². The molecule has 0 bridgehead atoms. The second kappa shape index (κ2) is 10.8. The van der Waals surface area contributed by atoms with Gasteiger partial charge in [0.1, 0.15) is 0 Å². The van der Waals surface area contributed by atoms with Crippen LogP contribution in [0.3, 0.4) is 0 Å². The van der Waals surface area contributed by atoms with Crippen LogP contribution >= 0.6 is 35.3 Å². The second-order valence-corrected chi connectivity index (χ2v) is 6.72. The Labute approximate surface area is 165 Å². The SMILES string of the molecule is CN=C(NCC(C)c1cccs1)NC1CCN(C(=O)OC)CC1.I. The van der Waals surface area contributed by atoms with Crippen LogP contribution in [-0.2, 0) is 4.74 Å². The van der Waals surface area contributed by atoms with Crippen molar-refractivity contribution >= 4 is 47.4 Å². The summed E-state index contributed by atoms with van der Waals surface area (Å²) in [7, 11) is 3.21. The van der Waals surface area contributed by atoms with Gasteiger partial charge in [-0.05, 0) is 24.3 Å². The number of guanidine groups is 1. The molecule has 0 saturated carbocycles. The standard InChI is InChI=1S/C16H26N4O2S.HI/c1-12(14-5-4-10-23-14)11-18-15(17-2)19-13-6-8-20(9-7-13)16(21)22-3;/h4-5,10,12-13H,6-9,11H2,1-3H3,(H2,17,18,19);1H. The molecule has 2 rings (SSSR count). The lowest BCUT2D eigenvalue weighted by Gasteiger charge is -2.32. The van der Waals surface area contributed by atoms with Crippen LogP contribution in [0, 0.1) is 0 Å². The van der Waals surface area contributed by atoms with Gasteiger partial charge in [-0.2, -0.15) is 0 Å². The van der Waals surface area contributed by atoms with Gasteiger partial charge in [-0.25, -0.2) is 4.79 Å². The molecule has 2 N–H and O–H groups in total. The van der Waals surface area contributed by atoms with Gasteiger partial charge in [0.15, 0.2) is 5.96 Å². The maximum Gasteiger partial charge on any atom is 0.409 e. The summed E-state index contributed by atoms with van der Waals surface area (Å²) in [6.07, 6.45) is 1.56. The van der Waals surface area contributed by atoms with Gasteiger partial charge in [0.25, 0.3) is 0 Å². The average molecular weight is 466 g/mol. The molecule has 0 aliphatic carbocycles. The predicted octanol–water partition coefficient (Wildman–Crippen LogP) is 2.87. The van der Waals surface area contributed by atoms with Crippen molar-refractivity contribution in [2.75, 3.05) is 33.8 Å². The molecular weight excluding hydrogens is 439 g/mol. The Balaban J connectivity index is 0.00000288. The van der Waals surface area contributed by atoms with E-state index >= 15 is 0 Å². The fraction of sp³-hybridized carbons (Fsp3) is 0.625. The van der Waals surface area contributed by atoms with Crippen LogP contribution in [0.2, 0.25) is 0 Å². The molecule has 0 radical (unpaired) electrons. The van der Waals surface area contributed by atoms with Crippen LogP contribution < -0.4 is 10.6 Å². The average Bonchev–Trinajstić information content (AvgIpc) is 3.12. The van der Waals surface area contributed by atoms with Crippen molar-refractivity contribution in [3.63, 3.8) is 0 Å². The first-order chi connectivity index (χ1) is 11.1. The lowest BCUT2D eigenvalue weighted by Crippen LogP contribution is -2.50. The number of hydrogen-bond donors (Lipinski definition) is 2. The van der Waals surface area contributed by atoms with E-state index < -0.39 is 0 Å². The molecule has 0 spiro atoms. The van der Waals surface area contributed by atoms with Crippen LogP contribution in [-0.4, -0.2) is 56.8 Å². The number of ether oxygens (including phenoxy) is 1. The number of piperidine rings is 1. The normalized spacial score (nSPS) is 17.0. The summed E-state index contributed by atoms with van der Waals surface area (Å²) in [5.41, 5.74) is 0. The molecule has 1 fully saturated rings. The first-order valence-corrected chi connectivity index (χ1v) is 8.85. The number of nitrogens with zero attached hydrogens (tertiary/aromatic N) is 2. The minimum Gasteiger partial charge on any atom is -0.453 e. The van der Waals surface area contributed by atoms with Crippen LogP contribution in [0.1, 0.15) is 30.6 Å². The number of rotatable bonds is 4. The van der Waals surface area contributed by atoms with Crippen molar-refractivity contribution in [1.29, 1.82) is 0 Å². The summed E-state index contributed by atoms with van der Waals surface area (Å²) in [6, 6.07) is 4.58. The second-order valence-electron chi connectivity index (χ2n) is 5.75. The molecule has 24 heavy (non-hydrogen) atoms. The van der Waals surface area contributed by atoms with E-state index in [0.29, 0.717) is 25.0 Å². The molecular formula is C16H27IN4O2S. The molecule has 1 amide bonds. The minimum atomic E-state index is -0.240. The van der Waals surface area contributed by atoms with Gasteiger partial charge in [0.05, 0.1) is 7.11 Å². The summed E-state index contributed by atoms with van der Waals surface area (Å²) < 4.78 is 4.76. The van der Waals surface area contributed by atoms with Crippen LogP contribution in [0.15, 0.2) is 22.5 Å². The van der Waals surface area contributed by atoms with Gasteiger partial charge in [0.2, 0.25) is 0 Å². The fourth-order valence-corrected chi connectivity index (χ4v) is 3.43. The molecule has 1 saturated heterocycles. The van der Waals surface area contributed by atoms with E-state index in [1.807, 2.05) is 0 Å². The number of amides is 1. The number of likely N-dealkylation sites (tertiary alicyclic amines) is 1. The quantitative estimate of drug-likeness (QED) is 0.407. The van der Waals surface area contributed by atoms with Crippen molar-refractivity contribution in [3.8, 4) is 0 Å². The van der Waals surface area contributed by atoms with Crippen LogP contribution in [0.25, 0.3) is 0 Å². The van der Waals surface area contributed by atoms with Crippen molar-refractivity contribution in [2.45, 2.75) is 31.7 Å². The molecule has 1 aliphatic heterocycles. The van der Waals surface area contributed by atoms with Gasteiger partial charge in [-0.3, -0.25) is 4.99 Å². The van der Waals surface area contributed by atoms with E-state index in [2.05, 4.69) is 40.1 Å². The lowest BCUT2D eigenvalue weighted by molar-refractivity contribution is 0.111. The third kappa shape index (κ3) is 6.12. The van der Waals surface area contributed by atoms with E-state index in [0.717, 1.165) is 25.3 Å². The minimum absolute atomic E-state index is 0. The van der Waals surface area contributed by atoms with Gasteiger partial charge in [-0.15, -0.1) is 35.3 Å². The Morgan fingerprint density at radius 3 is 2.75 bits per heavy atom. The van der Waals surface area contributed by atoms with E-state index in [4.69, 9.17) is 4.74 Å². The molecule has 1 unspecified atom stereocenters. The Hall–Kier alpha value is -1.03. The third-order valence-corrected chi connectivity index (χ3v) is 5.20. The zero-order chi connectivity index (χ0) is 16.7. The van der Waals surface area contributed by atoms with E-state index in [-0.39, 0.29) is 30.1 Å². The van der Waals surface area contributed by atoms with E-state index in [9.17, 15) is 4.79 Å². The molecule has 136 valence electrons. The molecule has 1 aromatic heterocycles. The summed E-state index contributed by atoms with van der Waals surface area (Å²) in [5.74, 6) is 1.28. The molecule has 1 aliphatic rings. The Kier molecular flexibility index (Phi) is 9.42. The number of thiophene rings is 1. The summed E-state index contributed by atoms with van der Waals surface area (Å²) in [6.45, 7) is 4.49. The highest BCUT2D eigenvalue weighted by Crippen LogP contribution is 2.19. The van der Waals surface area contributed by atoms with Crippen molar-refractivity contribution in [3.05, 3.63) is 22.4 Å². The summed E-state index contributed by atoms with van der Waals surface area (Å²) in [5, 5.41) is 8.94. The molecule has 1 aromatic rings. The number of nitrogens with one attached hydrogen (secondary N) is 2. The number of halogens is 1. The van der Waals surface area contributed by atoms with Crippen LogP contribution in [0.5, 0.6) is 0 Å². The van der Waals surface area contributed by atoms with E-state index in [1.165, 1.54) is 12.0 Å². The molecule has 1 atom stereocenters. The summed E-state index contributed by atoms with van der Waals surface area (Å²) >= 11 is 1.78. The predicted molar refractivity (Wildman–Crippen MR) is 110 cm³/mol.